The quantitative estimate of drug-likeness (QED) is 0.890. The van der Waals surface area contributed by atoms with E-state index < -0.39 is 10.0 Å². The zero-order valence-corrected chi connectivity index (χ0v) is 14.1. The maximum atomic E-state index is 12.6. The first-order valence-corrected chi connectivity index (χ1v) is 8.96. The molecule has 0 radical (unpaired) electrons. The van der Waals surface area contributed by atoms with Gasteiger partial charge in [0, 0.05) is 19.2 Å². The minimum Gasteiger partial charge on any atom is -0.450 e. The van der Waals surface area contributed by atoms with E-state index in [-0.39, 0.29) is 28.0 Å². The van der Waals surface area contributed by atoms with Gasteiger partial charge in [0.15, 0.2) is 4.67 Å². The Bertz CT molecular complexity index is 569. The third kappa shape index (κ3) is 3.10. The monoisotopic (exact) mass is 365 g/mol. The van der Waals surface area contributed by atoms with E-state index in [1.54, 1.807) is 7.05 Å². The molecule has 2 rings (SSSR count). The van der Waals surface area contributed by atoms with Crippen LogP contribution in [0, 0.1) is 5.92 Å². The van der Waals surface area contributed by atoms with Crippen LogP contribution in [0.5, 0.6) is 0 Å². The first-order valence-electron chi connectivity index (χ1n) is 6.73. The van der Waals surface area contributed by atoms with Gasteiger partial charge in [-0.15, -0.1) is 0 Å². The molecule has 7 heteroatoms. The maximum absolute atomic E-state index is 12.6. The fraction of sp³-hybridized carbons (Fsp3) is 0.692. The lowest BCUT2D eigenvalue weighted by atomic mass is 9.87. The summed E-state index contributed by atoms with van der Waals surface area (Å²) in [5.41, 5.74) is 0. The van der Waals surface area contributed by atoms with E-state index in [2.05, 4.69) is 22.9 Å². The first kappa shape index (κ1) is 16.0. The number of rotatable bonds is 4. The Hall–Kier alpha value is -0.370. The van der Waals surface area contributed by atoms with E-state index in [0.717, 1.165) is 25.7 Å². The molecule has 1 fully saturated rings. The molecule has 1 heterocycles. The van der Waals surface area contributed by atoms with Crippen LogP contribution in [0.2, 0.25) is 0 Å². The number of aliphatic hydroxyl groups excluding tert-OH is 1. The summed E-state index contributed by atoms with van der Waals surface area (Å²) < 4.78 is 32.0. The Labute approximate surface area is 128 Å². The zero-order valence-electron chi connectivity index (χ0n) is 11.7. The molecule has 20 heavy (non-hydrogen) atoms. The number of hydrogen-bond acceptors (Lipinski definition) is 4. The fourth-order valence-electron chi connectivity index (χ4n) is 2.74. The van der Waals surface area contributed by atoms with Gasteiger partial charge in [-0.3, -0.25) is 0 Å². The van der Waals surface area contributed by atoms with Crippen molar-refractivity contribution in [1.82, 2.24) is 4.31 Å². The number of nitrogens with zero attached hydrogens (tertiary/aromatic N) is 1. The van der Waals surface area contributed by atoms with Crippen LogP contribution in [0.1, 0.15) is 38.4 Å². The van der Waals surface area contributed by atoms with E-state index in [1.807, 2.05) is 0 Å². The number of sulfonamides is 1. The summed E-state index contributed by atoms with van der Waals surface area (Å²) in [4.78, 5) is 0.0854. The maximum Gasteiger partial charge on any atom is 0.247 e. The Kier molecular flexibility index (Phi) is 4.94. The highest BCUT2D eigenvalue weighted by atomic mass is 79.9. The Balaban J connectivity index is 2.26. The van der Waals surface area contributed by atoms with Gasteiger partial charge >= 0.3 is 0 Å². The van der Waals surface area contributed by atoms with Gasteiger partial charge in [0.05, 0.1) is 0 Å². The zero-order chi connectivity index (χ0) is 14.9. The summed E-state index contributed by atoms with van der Waals surface area (Å²) >= 11 is 3.11. The molecule has 1 aromatic rings. The van der Waals surface area contributed by atoms with Gasteiger partial charge in [-0.25, -0.2) is 8.42 Å². The first-order chi connectivity index (χ1) is 9.36. The van der Waals surface area contributed by atoms with Crippen molar-refractivity contribution in [3.63, 3.8) is 0 Å². The molecule has 0 spiro atoms. The number of aliphatic hydroxyl groups is 1. The summed E-state index contributed by atoms with van der Waals surface area (Å²) in [5.74, 6) is 0.785. The molecule has 0 amide bonds. The van der Waals surface area contributed by atoms with Gasteiger partial charge in [0.1, 0.15) is 17.3 Å². The molecule has 2 atom stereocenters. The van der Waals surface area contributed by atoms with Crippen LogP contribution in [0.25, 0.3) is 0 Å². The van der Waals surface area contributed by atoms with Crippen LogP contribution < -0.4 is 0 Å². The third-order valence-corrected chi connectivity index (χ3v) is 6.71. The third-order valence-electron chi connectivity index (χ3n) is 3.94. The van der Waals surface area contributed by atoms with Gasteiger partial charge in [-0.05, 0) is 34.7 Å². The van der Waals surface area contributed by atoms with E-state index in [1.165, 1.54) is 10.4 Å². The predicted molar refractivity (Wildman–Crippen MR) is 78.7 cm³/mol. The van der Waals surface area contributed by atoms with Crippen molar-refractivity contribution in [3.05, 3.63) is 16.5 Å². The van der Waals surface area contributed by atoms with Crippen LogP contribution in [0.4, 0.5) is 0 Å². The van der Waals surface area contributed by atoms with Gasteiger partial charge < -0.3 is 9.52 Å². The van der Waals surface area contributed by atoms with Gasteiger partial charge in [0.25, 0.3) is 0 Å². The molecule has 2 unspecified atom stereocenters. The second-order valence-corrected chi connectivity index (χ2v) is 8.14. The Morgan fingerprint density at radius 1 is 1.50 bits per heavy atom. The highest BCUT2D eigenvalue weighted by molar-refractivity contribution is 9.10. The van der Waals surface area contributed by atoms with Crippen LogP contribution in [0.3, 0.4) is 0 Å². The molecular weight excluding hydrogens is 346 g/mol. The van der Waals surface area contributed by atoms with Crippen molar-refractivity contribution in [1.29, 1.82) is 0 Å². The SMILES string of the molecule is CC1CCCC(N(C)S(=O)(=O)c2cc(CO)oc2Br)C1. The molecule has 0 aliphatic heterocycles. The summed E-state index contributed by atoms with van der Waals surface area (Å²) in [5, 5.41) is 9.04. The van der Waals surface area contributed by atoms with Crippen LogP contribution >= 0.6 is 15.9 Å². The molecule has 0 bridgehead atoms. The van der Waals surface area contributed by atoms with Crippen molar-refractivity contribution in [2.45, 2.75) is 50.2 Å². The largest absolute Gasteiger partial charge is 0.450 e. The molecule has 1 aliphatic rings. The van der Waals surface area contributed by atoms with E-state index >= 15 is 0 Å². The minimum absolute atomic E-state index is 0.0307. The van der Waals surface area contributed by atoms with E-state index in [4.69, 9.17) is 9.52 Å². The van der Waals surface area contributed by atoms with Crippen molar-refractivity contribution < 1.29 is 17.9 Å². The highest BCUT2D eigenvalue weighted by Crippen LogP contribution is 2.33. The molecule has 1 N–H and O–H groups in total. The molecule has 5 nitrogen and oxygen atoms in total. The van der Waals surface area contributed by atoms with Crippen LogP contribution in [-0.2, 0) is 16.6 Å². The van der Waals surface area contributed by atoms with Gasteiger partial charge in [-0.1, -0.05) is 19.8 Å². The summed E-state index contributed by atoms with van der Waals surface area (Å²) in [6.07, 6.45) is 4.00. The standard InChI is InChI=1S/C13H20BrNO4S/c1-9-4-3-5-10(6-9)15(2)20(17,18)12-7-11(8-16)19-13(12)14/h7,9-10,16H,3-6,8H2,1-2H3. The fourth-order valence-corrected chi connectivity index (χ4v) is 5.09. The smallest absolute Gasteiger partial charge is 0.247 e. The Morgan fingerprint density at radius 2 is 2.20 bits per heavy atom. The lowest BCUT2D eigenvalue weighted by Gasteiger charge is -2.33. The second-order valence-electron chi connectivity index (χ2n) is 5.46. The molecule has 0 saturated heterocycles. The molecule has 1 aromatic heterocycles. The van der Waals surface area contributed by atoms with Crippen LogP contribution in [0.15, 0.2) is 20.0 Å². The molecule has 0 aromatic carbocycles. The van der Waals surface area contributed by atoms with E-state index in [0.29, 0.717) is 5.92 Å². The predicted octanol–water partition coefficient (Wildman–Crippen LogP) is 2.73. The number of halogens is 1. The minimum atomic E-state index is -3.60. The van der Waals surface area contributed by atoms with Crippen molar-refractivity contribution in [3.8, 4) is 0 Å². The summed E-state index contributed by atoms with van der Waals surface area (Å²) in [7, 11) is -1.98. The van der Waals surface area contributed by atoms with Crippen molar-refractivity contribution >= 4 is 26.0 Å². The van der Waals surface area contributed by atoms with Crippen molar-refractivity contribution in [2.75, 3.05) is 7.05 Å². The average molecular weight is 366 g/mol. The van der Waals surface area contributed by atoms with Gasteiger partial charge in [-0.2, -0.15) is 4.31 Å². The van der Waals surface area contributed by atoms with Gasteiger partial charge in [0.2, 0.25) is 10.0 Å². The second kappa shape index (κ2) is 6.17. The Morgan fingerprint density at radius 3 is 2.75 bits per heavy atom. The topological polar surface area (TPSA) is 70.8 Å². The van der Waals surface area contributed by atoms with Crippen LogP contribution in [-0.4, -0.2) is 30.9 Å². The highest BCUT2D eigenvalue weighted by Gasteiger charge is 2.33. The number of furan rings is 1. The summed E-state index contributed by atoms with van der Waals surface area (Å²) in [6.45, 7) is 1.84. The number of hydrogen-bond donors (Lipinski definition) is 1. The molecule has 1 aliphatic carbocycles. The lowest BCUT2D eigenvalue weighted by Crippen LogP contribution is -2.39. The van der Waals surface area contributed by atoms with E-state index in [9.17, 15) is 8.42 Å². The van der Waals surface area contributed by atoms with Crippen molar-refractivity contribution in [2.24, 2.45) is 5.92 Å². The normalized spacial score (nSPS) is 24.2. The average Bonchev–Trinajstić information content (AvgIpc) is 2.80. The lowest BCUT2D eigenvalue weighted by molar-refractivity contribution is 0.238. The summed E-state index contributed by atoms with van der Waals surface area (Å²) in [6, 6.07) is 1.41. The molecule has 1 saturated carbocycles. The molecule has 114 valence electrons. The molecular formula is C13H20BrNO4S.